The van der Waals surface area contributed by atoms with Gasteiger partial charge in [-0.1, -0.05) is 12.1 Å². The molecule has 0 radical (unpaired) electrons. The molecule has 2 aromatic carbocycles. The Hall–Kier alpha value is -4.74. The third kappa shape index (κ3) is 6.52. The zero-order valence-electron chi connectivity index (χ0n) is 19.8. The molecule has 2 heterocycles. The van der Waals surface area contributed by atoms with Crippen LogP contribution in [-0.2, 0) is 20.5 Å². The molecule has 1 atom stereocenters. The van der Waals surface area contributed by atoms with Crippen molar-refractivity contribution in [2.24, 2.45) is 4.99 Å². The summed E-state index contributed by atoms with van der Waals surface area (Å²) in [6.07, 6.45) is -0.794. The normalized spacial score (nSPS) is 15.1. The number of methoxy groups -OCH3 is 1. The number of amides is 1. The van der Waals surface area contributed by atoms with Crippen LogP contribution in [0.1, 0.15) is 16.8 Å². The molecule has 0 aliphatic carbocycles. The quantitative estimate of drug-likeness (QED) is 0.265. The Balaban J connectivity index is 1.40. The van der Waals surface area contributed by atoms with Crippen LogP contribution >= 0.6 is 0 Å². The van der Waals surface area contributed by atoms with E-state index in [0.717, 1.165) is 12.1 Å². The van der Waals surface area contributed by atoms with Gasteiger partial charge in [-0.15, -0.1) is 0 Å². The molecule has 1 aliphatic rings. The van der Waals surface area contributed by atoms with Crippen LogP contribution in [-0.4, -0.2) is 42.4 Å². The summed E-state index contributed by atoms with van der Waals surface area (Å²) in [6, 6.07) is 11.6. The van der Waals surface area contributed by atoms with Crippen LogP contribution in [0.4, 0.5) is 23.2 Å². The van der Waals surface area contributed by atoms with Crippen molar-refractivity contribution in [3.05, 3.63) is 89.5 Å². The van der Waals surface area contributed by atoms with E-state index in [1.165, 1.54) is 19.4 Å². The van der Waals surface area contributed by atoms with Crippen molar-refractivity contribution in [2.75, 3.05) is 19.0 Å². The van der Waals surface area contributed by atoms with E-state index in [4.69, 9.17) is 9.47 Å². The number of pyridine rings is 1. The monoisotopic (exact) mass is 528 g/mol. The first-order valence-corrected chi connectivity index (χ1v) is 11.1. The topological polar surface area (TPSA) is 102 Å². The lowest BCUT2D eigenvalue weighted by Gasteiger charge is -2.10. The van der Waals surface area contributed by atoms with Gasteiger partial charge < -0.3 is 20.1 Å². The number of hydrogen-bond acceptors (Lipinski definition) is 7. The van der Waals surface area contributed by atoms with Crippen LogP contribution in [0.15, 0.2) is 71.9 Å². The standard InChI is InChI=1S/C26H20F4N4O4/c1-37-25(36)22-14-32-24(34-22)21-13-18(9-10-31-21)38-17-4-2-3-15(11-17)5-8-23(35)33-16-6-7-20(27)19(12-16)26(28,29)30/h2-13,22H,14H2,1H3,(H,32,34)(H,33,35). The van der Waals surface area contributed by atoms with E-state index in [1.54, 1.807) is 36.4 Å². The molecule has 2 N–H and O–H groups in total. The molecular formula is C26H20F4N4O4. The fourth-order valence-electron chi connectivity index (χ4n) is 3.47. The molecule has 8 nitrogen and oxygen atoms in total. The fourth-order valence-corrected chi connectivity index (χ4v) is 3.47. The van der Waals surface area contributed by atoms with Crippen molar-refractivity contribution in [1.29, 1.82) is 0 Å². The highest BCUT2D eigenvalue weighted by atomic mass is 19.4. The number of hydrogen-bond donors (Lipinski definition) is 2. The van der Waals surface area contributed by atoms with Gasteiger partial charge in [-0.25, -0.2) is 9.18 Å². The molecule has 1 aromatic heterocycles. The van der Waals surface area contributed by atoms with Crippen LogP contribution in [0, 0.1) is 5.82 Å². The van der Waals surface area contributed by atoms with Crippen LogP contribution in [0.5, 0.6) is 11.5 Å². The van der Waals surface area contributed by atoms with Crippen molar-refractivity contribution in [3.8, 4) is 11.5 Å². The summed E-state index contributed by atoms with van der Waals surface area (Å²) >= 11 is 0. The number of esters is 1. The number of aromatic nitrogens is 1. The Labute approximate surface area is 214 Å². The zero-order valence-corrected chi connectivity index (χ0v) is 19.8. The van der Waals surface area contributed by atoms with E-state index >= 15 is 0 Å². The molecule has 0 spiro atoms. The molecule has 1 unspecified atom stereocenters. The van der Waals surface area contributed by atoms with Crippen LogP contribution in [0.25, 0.3) is 6.08 Å². The Morgan fingerprint density at radius 1 is 1.11 bits per heavy atom. The van der Waals surface area contributed by atoms with E-state index in [-0.39, 0.29) is 12.2 Å². The average molecular weight is 528 g/mol. The Kier molecular flexibility index (Phi) is 7.70. The molecular weight excluding hydrogens is 508 g/mol. The summed E-state index contributed by atoms with van der Waals surface area (Å²) in [4.78, 5) is 32.4. The van der Waals surface area contributed by atoms with Crippen molar-refractivity contribution in [1.82, 2.24) is 10.3 Å². The number of anilines is 1. The predicted octanol–water partition coefficient (Wildman–Crippen LogP) is 4.58. The minimum atomic E-state index is -4.89. The number of carbonyl (C=O) groups excluding carboxylic acids is 2. The van der Waals surface area contributed by atoms with Gasteiger partial charge in [0.25, 0.3) is 0 Å². The highest BCUT2D eigenvalue weighted by molar-refractivity contribution is 6.02. The van der Waals surface area contributed by atoms with Gasteiger partial charge in [-0.05, 0) is 48.0 Å². The van der Waals surface area contributed by atoms with Gasteiger partial charge in [-0.2, -0.15) is 13.2 Å². The lowest BCUT2D eigenvalue weighted by molar-refractivity contribution is -0.142. The number of nitrogens with zero attached hydrogens (tertiary/aromatic N) is 2. The molecule has 196 valence electrons. The van der Waals surface area contributed by atoms with Gasteiger partial charge in [-0.3, -0.25) is 14.8 Å². The van der Waals surface area contributed by atoms with Crippen LogP contribution in [0.3, 0.4) is 0 Å². The van der Waals surface area contributed by atoms with Crippen molar-refractivity contribution in [2.45, 2.75) is 12.2 Å². The number of rotatable bonds is 7. The maximum atomic E-state index is 13.4. The maximum absolute atomic E-state index is 13.4. The number of ether oxygens (including phenoxy) is 2. The molecule has 1 amide bonds. The molecule has 3 aromatic rings. The van der Waals surface area contributed by atoms with E-state index in [9.17, 15) is 27.2 Å². The van der Waals surface area contributed by atoms with Gasteiger partial charge in [0.15, 0.2) is 0 Å². The highest BCUT2D eigenvalue weighted by Crippen LogP contribution is 2.33. The van der Waals surface area contributed by atoms with E-state index < -0.39 is 35.5 Å². The minimum Gasteiger partial charge on any atom is -0.467 e. The van der Waals surface area contributed by atoms with Crippen LogP contribution in [0.2, 0.25) is 0 Å². The van der Waals surface area contributed by atoms with E-state index in [2.05, 4.69) is 20.6 Å². The second-order valence-electron chi connectivity index (χ2n) is 7.98. The average Bonchev–Trinajstić information content (AvgIpc) is 3.38. The lowest BCUT2D eigenvalue weighted by Crippen LogP contribution is -2.38. The Morgan fingerprint density at radius 3 is 2.66 bits per heavy atom. The molecule has 38 heavy (non-hydrogen) atoms. The number of halogens is 4. The molecule has 4 rings (SSSR count). The van der Waals surface area contributed by atoms with Crippen molar-refractivity contribution < 1.29 is 36.6 Å². The second-order valence-corrected chi connectivity index (χ2v) is 7.98. The van der Waals surface area contributed by atoms with Crippen molar-refractivity contribution >= 4 is 29.5 Å². The number of carbonyl (C=O) groups is 2. The van der Waals surface area contributed by atoms with Gasteiger partial charge in [0.1, 0.15) is 34.9 Å². The molecule has 1 aliphatic heterocycles. The van der Waals surface area contributed by atoms with Gasteiger partial charge in [0, 0.05) is 24.0 Å². The second kappa shape index (κ2) is 11.1. The summed E-state index contributed by atoms with van der Waals surface area (Å²) < 4.78 is 62.7. The molecule has 0 saturated carbocycles. The number of benzene rings is 2. The molecule has 0 fully saturated rings. The first-order valence-electron chi connectivity index (χ1n) is 11.1. The highest BCUT2D eigenvalue weighted by Gasteiger charge is 2.34. The summed E-state index contributed by atoms with van der Waals surface area (Å²) in [5.74, 6) is -1.26. The number of nitrogens with one attached hydrogen (secondary N) is 2. The van der Waals surface area contributed by atoms with Gasteiger partial charge in [0.2, 0.25) is 5.91 Å². The molecule has 0 bridgehead atoms. The summed E-state index contributed by atoms with van der Waals surface area (Å²) in [5.41, 5.74) is -0.624. The fraction of sp³-hybridized carbons (Fsp3) is 0.154. The SMILES string of the molecule is COC(=O)C1CN=C(c2cc(Oc3cccc(C=CC(=O)Nc4ccc(F)c(C(F)(F)F)c4)c3)ccn2)N1. The maximum Gasteiger partial charge on any atom is 0.419 e. The molecule has 12 heteroatoms. The smallest absolute Gasteiger partial charge is 0.419 e. The third-order valence-corrected chi connectivity index (χ3v) is 5.26. The lowest BCUT2D eigenvalue weighted by atomic mass is 10.1. The summed E-state index contributed by atoms with van der Waals surface area (Å²) in [6.45, 7) is 0.224. The van der Waals surface area contributed by atoms with E-state index in [1.807, 2.05) is 0 Å². The number of amidine groups is 1. The van der Waals surface area contributed by atoms with Crippen molar-refractivity contribution in [3.63, 3.8) is 0 Å². The van der Waals surface area contributed by atoms with Gasteiger partial charge in [0.05, 0.1) is 19.2 Å². The Morgan fingerprint density at radius 2 is 1.89 bits per heavy atom. The summed E-state index contributed by atoms with van der Waals surface area (Å²) in [5, 5.41) is 5.23. The van der Waals surface area contributed by atoms with Crippen LogP contribution < -0.4 is 15.4 Å². The Bertz CT molecular complexity index is 1420. The zero-order chi connectivity index (χ0) is 27.3. The molecule has 0 saturated heterocycles. The summed E-state index contributed by atoms with van der Waals surface area (Å²) in [7, 11) is 1.29. The number of aliphatic imine (C=N–C) groups is 1. The third-order valence-electron chi connectivity index (χ3n) is 5.26. The predicted molar refractivity (Wildman–Crippen MR) is 130 cm³/mol. The minimum absolute atomic E-state index is 0.196. The number of alkyl halides is 3. The van der Waals surface area contributed by atoms with E-state index in [0.29, 0.717) is 40.7 Å². The van der Waals surface area contributed by atoms with Gasteiger partial charge >= 0.3 is 12.1 Å². The largest absolute Gasteiger partial charge is 0.467 e. The first kappa shape index (κ1) is 26.3. The first-order chi connectivity index (χ1) is 18.1.